The van der Waals surface area contributed by atoms with Crippen LogP contribution < -0.4 is 0 Å². The maximum atomic E-state index is 11.8. The molecule has 1 aromatic carbocycles. The van der Waals surface area contributed by atoms with Crippen molar-refractivity contribution in [2.75, 3.05) is 6.61 Å². The average Bonchev–Trinajstić information content (AvgIpc) is 2.31. The Balaban J connectivity index is 2.74. The van der Waals surface area contributed by atoms with Crippen molar-refractivity contribution in [2.45, 2.75) is 39.0 Å². The van der Waals surface area contributed by atoms with Crippen molar-refractivity contribution in [1.29, 1.82) is 0 Å². The van der Waals surface area contributed by atoms with Crippen LogP contribution in [-0.2, 0) is 9.53 Å². The van der Waals surface area contributed by atoms with Gasteiger partial charge in [0.1, 0.15) is 0 Å². The summed E-state index contributed by atoms with van der Waals surface area (Å²) in [5.74, 6) is -0.191. The molecule has 16 heavy (non-hydrogen) atoms. The molecule has 0 aliphatic heterocycles. The summed E-state index contributed by atoms with van der Waals surface area (Å²) in [4.78, 5) is 11.8. The van der Waals surface area contributed by atoms with Gasteiger partial charge < -0.3 is 4.74 Å². The van der Waals surface area contributed by atoms with Crippen LogP contribution in [0.2, 0.25) is 0 Å². The highest BCUT2D eigenvalue weighted by Crippen LogP contribution is 2.23. The van der Waals surface area contributed by atoms with Crippen molar-refractivity contribution in [1.82, 2.24) is 0 Å². The lowest BCUT2D eigenvalue weighted by Crippen LogP contribution is -2.16. The molecular weight excluding hydrogens is 200 g/mol. The summed E-state index contributed by atoms with van der Waals surface area (Å²) in [5, 5.41) is 0. The molecule has 0 radical (unpaired) electrons. The minimum absolute atomic E-state index is 0.0952. The van der Waals surface area contributed by atoms with Gasteiger partial charge in [0.2, 0.25) is 0 Å². The zero-order valence-electron chi connectivity index (χ0n) is 10.1. The van der Waals surface area contributed by atoms with Crippen LogP contribution in [-0.4, -0.2) is 12.6 Å². The Morgan fingerprint density at radius 2 is 1.94 bits per heavy atom. The maximum Gasteiger partial charge on any atom is 0.313 e. The lowest BCUT2D eigenvalue weighted by molar-refractivity contribution is -0.145. The molecule has 0 aliphatic carbocycles. The molecule has 0 fully saturated rings. The molecule has 0 aliphatic rings. The highest BCUT2D eigenvalue weighted by atomic mass is 16.5. The van der Waals surface area contributed by atoms with E-state index >= 15 is 0 Å². The molecule has 2 heteroatoms. The van der Waals surface area contributed by atoms with Crippen LogP contribution in [0.4, 0.5) is 0 Å². The van der Waals surface area contributed by atoms with Gasteiger partial charge in [-0.1, -0.05) is 50.1 Å². The van der Waals surface area contributed by atoms with E-state index in [-0.39, 0.29) is 11.9 Å². The van der Waals surface area contributed by atoms with Gasteiger partial charge in [-0.3, -0.25) is 4.79 Å². The van der Waals surface area contributed by atoms with E-state index in [1.807, 2.05) is 37.3 Å². The third-order valence-electron chi connectivity index (χ3n) is 2.62. The molecule has 0 amide bonds. The Kier molecular flexibility index (Phi) is 5.62. The molecule has 0 saturated carbocycles. The van der Waals surface area contributed by atoms with Gasteiger partial charge in [-0.15, -0.1) is 0 Å². The first kappa shape index (κ1) is 12.8. The summed E-state index contributed by atoms with van der Waals surface area (Å²) < 4.78 is 5.12. The molecule has 2 nitrogen and oxygen atoms in total. The molecule has 0 bridgehead atoms. The fourth-order valence-corrected chi connectivity index (χ4v) is 1.76. The lowest BCUT2D eigenvalue weighted by Gasteiger charge is -2.15. The van der Waals surface area contributed by atoms with E-state index in [1.165, 1.54) is 0 Å². The van der Waals surface area contributed by atoms with Crippen LogP contribution in [0.5, 0.6) is 0 Å². The number of rotatable bonds is 6. The number of hydrogen-bond donors (Lipinski definition) is 0. The Labute approximate surface area is 97.6 Å². The van der Waals surface area contributed by atoms with Gasteiger partial charge in [-0.25, -0.2) is 0 Å². The standard InChI is InChI=1S/C14H20O2/c1-3-5-11-13(14(15)16-4-2)12-9-7-6-8-10-12/h6-10,13H,3-5,11H2,1-2H3/t13-/m1/s1. The van der Waals surface area contributed by atoms with Crippen LogP contribution in [0.1, 0.15) is 44.6 Å². The van der Waals surface area contributed by atoms with Gasteiger partial charge in [0.15, 0.2) is 0 Å². The summed E-state index contributed by atoms with van der Waals surface area (Å²) in [6, 6.07) is 9.89. The predicted octanol–water partition coefficient (Wildman–Crippen LogP) is 3.52. The van der Waals surface area contributed by atoms with Crippen molar-refractivity contribution in [3.05, 3.63) is 35.9 Å². The highest BCUT2D eigenvalue weighted by Gasteiger charge is 2.20. The first-order valence-electron chi connectivity index (χ1n) is 6.01. The molecule has 1 atom stereocenters. The third-order valence-corrected chi connectivity index (χ3v) is 2.62. The number of benzene rings is 1. The highest BCUT2D eigenvalue weighted by molar-refractivity contribution is 5.78. The number of esters is 1. The normalized spacial score (nSPS) is 12.1. The molecular formula is C14H20O2. The third kappa shape index (κ3) is 3.69. The molecule has 88 valence electrons. The summed E-state index contributed by atoms with van der Waals surface area (Å²) in [5.41, 5.74) is 1.06. The fourth-order valence-electron chi connectivity index (χ4n) is 1.76. The molecule has 0 aromatic heterocycles. The van der Waals surface area contributed by atoms with Crippen molar-refractivity contribution in [3.63, 3.8) is 0 Å². The minimum atomic E-state index is -0.0962. The SMILES string of the molecule is CCCC[C@@H](C(=O)OCC)c1ccccc1. The average molecular weight is 220 g/mol. The van der Waals surface area contributed by atoms with E-state index in [0.29, 0.717) is 6.61 Å². The van der Waals surface area contributed by atoms with Crippen LogP contribution in [0.25, 0.3) is 0 Å². The fraction of sp³-hybridized carbons (Fsp3) is 0.500. The number of carbonyl (C=O) groups excluding carboxylic acids is 1. The second-order valence-electron chi connectivity index (χ2n) is 3.86. The lowest BCUT2D eigenvalue weighted by atomic mass is 9.94. The van der Waals surface area contributed by atoms with Gasteiger partial charge in [-0.2, -0.15) is 0 Å². The molecule has 1 aromatic rings. The van der Waals surface area contributed by atoms with Crippen molar-refractivity contribution < 1.29 is 9.53 Å². The summed E-state index contributed by atoms with van der Waals surface area (Å²) >= 11 is 0. The molecule has 0 unspecified atom stereocenters. The monoisotopic (exact) mass is 220 g/mol. The molecule has 0 N–H and O–H groups in total. The van der Waals surface area contributed by atoms with Gasteiger partial charge in [0.25, 0.3) is 0 Å². The van der Waals surface area contributed by atoms with Crippen molar-refractivity contribution in [3.8, 4) is 0 Å². The van der Waals surface area contributed by atoms with Crippen LogP contribution in [0.15, 0.2) is 30.3 Å². The van der Waals surface area contributed by atoms with Crippen LogP contribution in [0, 0.1) is 0 Å². The number of hydrogen-bond acceptors (Lipinski definition) is 2. The Morgan fingerprint density at radius 3 is 2.50 bits per heavy atom. The van der Waals surface area contributed by atoms with E-state index < -0.39 is 0 Å². The van der Waals surface area contributed by atoms with E-state index in [2.05, 4.69) is 6.92 Å². The largest absolute Gasteiger partial charge is 0.466 e. The topological polar surface area (TPSA) is 26.3 Å². The van der Waals surface area contributed by atoms with E-state index in [0.717, 1.165) is 24.8 Å². The number of ether oxygens (including phenoxy) is 1. The van der Waals surface area contributed by atoms with Gasteiger partial charge in [0, 0.05) is 0 Å². The number of carbonyl (C=O) groups is 1. The zero-order chi connectivity index (χ0) is 11.8. The molecule has 0 saturated heterocycles. The first-order chi connectivity index (χ1) is 7.79. The van der Waals surface area contributed by atoms with Gasteiger partial charge in [0.05, 0.1) is 12.5 Å². The number of unbranched alkanes of at least 4 members (excludes halogenated alkanes) is 1. The minimum Gasteiger partial charge on any atom is -0.466 e. The van der Waals surface area contributed by atoms with Crippen molar-refractivity contribution in [2.24, 2.45) is 0 Å². The Hall–Kier alpha value is -1.31. The molecule has 0 spiro atoms. The second-order valence-corrected chi connectivity index (χ2v) is 3.86. The maximum absolute atomic E-state index is 11.8. The Morgan fingerprint density at radius 1 is 1.25 bits per heavy atom. The van der Waals surface area contributed by atoms with Crippen LogP contribution in [0.3, 0.4) is 0 Å². The quantitative estimate of drug-likeness (QED) is 0.686. The first-order valence-corrected chi connectivity index (χ1v) is 6.01. The smallest absolute Gasteiger partial charge is 0.313 e. The van der Waals surface area contributed by atoms with Gasteiger partial charge >= 0.3 is 5.97 Å². The van der Waals surface area contributed by atoms with E-state index in [1.54, 1.807) is 0 Å². The van der Waals surface area contributed by atoms with E-state index in [4.69, 9.17) is 4.74 Å². The predicted molar refractivity (Wildman–Crippen MR) is 65.3 cm³/mol. The second kappa shape index (κ2) is 7.04. The van der Waals surface area contributed by atoms with Crippen LogP contribution >= 0.6 is 0 Å². The zero-order valence-corrected chi connectivity index (χ0v) is 10.1. The summed E-state index contributed by atoms with van der Waals surface area (Å²) in [6.45, 7) is 4.43. The molecule has 0 heterocycles. The van der Waals surface area contributed by atoms with Gasteiger partial charge in [-0.05, 0) is 18.9 Å². The van der Waals surface area contributed by atoms with Crippen molar-refractivity contribution >= 4 is 5.97 Å². The summed E-state index contributed by atoms with van der Waals surface area (Å²) in [6.07, 6.45) is 3.03. The van der Waals surface area contributed by atoms with E-state index in [9.17, 15) is 4.79 Å². The molecule has 1 rings (SSSR count). The Bertz CT molecular complexity index is 306. The summed E-state index contributed by atoms with van der Waals surface area (Å²) in [7, 11) is 0.